The number of Topliss-reactive ketones (excluding diaryl/α,β-unsaturated/α-hetero) is 1. The summed E-state index contributed by atoms with van der Waals surface area (Å²) < 4.78 is 20.1. The zero-order valence-corrected chi connectivity index (χ0v) is 25.5. The quantitative estimate of drug-likeness (QED) is 0.232. The van der Waals surface area contributed by atoms with Crippen molar-refractivity contribution in [3.05, 3.63) is 52.6 Å². The maximum Gasteiger partial charge on any atom is 0.306 e. The molecule has 1 aliphatic rings. The number of H-pyrrole nitrogens is 1. The Kier molecular flexibility index (Phi) is 9.11. The summed E-state index contributed by atoms with van der Waals surface area (Å²) in [6, 6.07) is 8.42. The number of nitrogens with zero attached hydrogens (tertiary/aromatic N) is 3. The van der Waals surface area contributed by atoms with Crippen LogP contribution >= 0.6 is 0 Å². The van der Waals surface area contributed by atoms with E-state index in [4.69, 9.17) is 13.9 Å². The fourth-order valence-electron chi connectivity index (χ4n) is 4.29. The van der Waals surface area contributed by atoms with Crippen molar-refractivity contribution in [2.45, 2.75) is 83.2 Å². The van der Waals surface area contributed by atoms with E-state index in [9.17, 15) is 24.3 Å². The number of carbonyl (C=O) groups is 3. The van der Waals surface area contributed by atoms with Crippen LogP contribution in [0.4, 0.5) is 5.95 Å². The highest BCUT2D eigenvalue weighted by molar-refractivity contribution is 6.74. The minimum Gasteiger partial charge on any atom is -0.455 e. The van der Waals surface area contributed by atoms with Crippen LogP contribution in [0.1, 0.15) is 57.1 Å². The normalized spacial score (nSPS) is 20.9. The van der Waals surface area contributed by atoms with Gasteiger partial charge in [-0.2, -0.15) is 4.98 Å². The zero-order valence-electron chi connectivity index (χ0n) is 24.5. The van der Waals surface area contributed by atoms with Crippen LogP contribution in [0.3, 0.4) is 0 Å². The number of aromatic nitrogens is 4. The van der Waals surface area contributed by atoms with Crippen LogP contribution < -0.4 is 10.9 Å². The number of aromatic amines is 1. The molecule has 14 heteroatoms. The van der Waals surface area contributed by atoms with E-state index in [2.05, 4.69) is 41.0 Å². The predicted octanol–water partition coefficient (Wildman–Crippen LogP) is 2.93. The average molecular weight is 600 g/mol. The van der Waals surface area contributed by atoms with Crippen LogP contribution in [-0.4, -0.2) is 75.5 Å². The van der Waals surface area contributed by atoms with Gasteiger partial charge in [-0.05, 0) is 37.2 Å². The molecule has 4 rings (SSSR count). The number of carbonyl (C=O) groups excluding carboxylic acids is 3. The third-order valence-corrected chi connectivity index (χ3v) is 12.1. The smallest absolute Gasteiger partial charge is 0.306 e. The molecule has 3 heterocycles. The van der Waals surface area contributed by atoms with Crippen molar-refractivity contribution in [3.63, 3.8) is 0 Å². The largest absolute Gasteiger partial charge is 0.455 e. The summed E-state index contributed by atoms with van der Waals surface area (Å²) in [7, 11) is -2.47. The highest BCUT2D eigenvalue weighted by Gasteiger charge is 2.53. The van der Waals surface area contributed by atoms with Crippen molar-refractivity contribution in [2.75, 3.05) is 11.9 Å². The van der Waals surface area contributed by atoms with Crippen molar-refractivity contribution >= 4 is 43.1 Å². The van der Waals surface area contributed by atoms with Crippen LogP contribution in [0.15, 0.2) is 41.5 Å². The van der Waals surface area contributed by atoms with Gasteiger partial charge in [0.25, 0.3) is 11.5 Å². The van der Waals surface area contributed by atoms with Gasteiger partial charge in [-0.1, -0.05) is 39.0 Å². The maximum atomic E-state index is 12.9. The van der Waals surface area contributed by atoms with E-state index in [1.165, 1.54) is 17.8 Å². The van der Waals surface area contributed by atoms with E-state index in [0.29, 0.717) is 5.56 Å². The Bertz CT molecular complexity index is 1510. The number of ketones is 1. The first-order chi connectivity index (χ1) is 19.7. The highest BCUT2D eigenvalue weighted by atomic mass is 28.4. The van der Waals surface area contributed by atoms with E-state index in [1.54, 1.807) is 30.3 Å². The molecule has 0 saturated carbocycles. The lowest BCUT2D eigenvalue weighted by molar-refractivity contribution is -0.158. The molecule has 3 N–H and O–H groups in total. The molecule has 0 radical (unpaired) electrons. The molecule has 226 valence electrons. The summed E-state index contributed by atoms with van der Waals surface area (Å²) in [6.07, 6.45) is -2.73. The van der Waals surface area contributed by atoms with Gasteiger partial charge in [-0.25, -0.2) is 4.98 Å². The maximum absolute atomic E-state index is 12.9. The van der Waals surface area contributed by atoms with Gasteiger partial charge in [-0.3, -0.25) is 29.3 Å². The number of aliphatic hydroxyl groups is 1. The average Bonchev–Trinajstić information content (AvgIpc) is 3.48. The van der Waals surface area contributed by atoms with Crippen molar-refractivity contribution in [1.29, 1.82) is 0 Å². The number of amides is 1. The molecule has 1 amide bonds. The molecule has 1 fully saturated rings. The molecule has 3 aromatic rings. The highest BCUT2D eigenvalue weighted by Crippen LogP contribution is 2.42. The molecule has 0 aliphatic carbocycles. The van der Waals surface area contributed by atoms with E-state index in [-0.39, 0.29) is 40.8 Å². The minimum atomic E-state index is -2.47. The number of fused-ring (bicyclic) bond motifs is 1. The number of aliphatic hydroxyl groups excluding tert-OH is 1. The predicted molar refractivity (Wildman–Crippen MR) is 155 cm³/mol. The third kappa shape index (κ3) is 6.67. The van der Waals surface area contributed by atoms with Crippen molar-refractivity contribution < 1.29 is 33.4 Å². The van der Waals surface area contributed by atoms with Gasteiger partial charge >= 0.3 is 5.97 Å². The third-order valence-electron chi connectivity index (χ3n) is 7.63. The second-order valence-electron chi connectivity index (χ2n) is 11.8. The second kappa shape index (κ2) is 12.3. The molecule has 0 bridgehead atoms. The summed E-state index contributed by atoms with van der Waals surface area (Å²) in [5.74, 6) is -1.41. The van der Waals surface area contributed by atoms with Crippen LogP contribution in [0, 0.1) is 0 Å². The van der Waals surface area contributed by atoms with Gasteiger partial charge in [0.2, 0.25) is 5.95 Å². The lowest BCUT2D eigenvalue weighted by atomic mass is 10.1. The molecular weight excluding hydrogens is 562 g/mol. The van der Waals surface area contributed by atoms with E-state index in [0.717, 1.165) is 0 Å². The SMILES string of the molecule is CC(=O)CCC(=O)O[C@@H]1[C@H](O[Si](C)(C)C(C)(C)C)[C@@H](CO)O[C@H]1n1cnc2c(=O)[nH]c(NC(=O)c3ccccc3)nc21. The van der Waals surface area contributed by atoms with Gasteiger partial charge in [0, 0.05) is 12.0 Å². The number of nitrogens with one attached hydrogen (secondary N) is 2. The van der Waals surface area contributed by atoms with Gasteiger partial charge in [0.15, 0.2) is 31.8 Å². The standard InChI is InChI=1S/C28H37N5O8Si/c1-16(35)12-13-19(36)40-22-21(41-42(5,6)28(2,3)4)18(14-34)39-26(22)33-15-29-20-23(33)30-27(32-25(20)38)31-24(37)17-10-8-7-9-11-17/h7-11,15,18,21-22,26,34H,12-14H2,1-6H3,(H2,30,31,32,37,38)/t18-,21-,22-,26-/m1/s1. The Hall–Kier alpha value is -3.72. The van der Waals surface area contributed by atoms with Crippen molar-refractivity contribution in [2.24, 2.45) is 0 Å². The monoisotopic (exact) mass is 599 g/mol. The van der Waals surface area contributed by atoms with Gasteiger partial charge in [0.1, 0.15) is 18.0 Å². The Morgan fingerprint density at radius 3 is 2.45 bits per heavy atom. The van der Waals surface area contributed by atoms with E-state index in [1.807, 2.05) is 13.1 Å². The molecule has 0 unspecified atom stereocenters. The minimum absolute atomic E-state index is 0.00364. The summed E-state index contributed by atoms with van der Waals surface area (Å²) in [6.45, 7) is 11.2. The number of hydrogen-bond donors (Lipinski definition) is 3. The Labute approximate surface area is 243 Å². The Morgan fingerprint density at radius 2 is 1.83 bits per heavy atom. The summed E-state index contributed by atoms with van der Waals surface area (Å²) >= 11 is 0. The number of ether oxygens (including phenoxy) is 2. The number of esters is 1. The van der Waals surface area contributed by atoms with Crippen molar-refractivity contribution in [1.82, 2.24) is 19.5 Å². The van der Waals surface area contributed by atoms with Crippen LogP contribution in [0.5, 0.6) is 0 Å². The fourth-order valence-corrected chi connectivity index (χ4v) is 5.61. The number of anilines is 1. The number of benzene rings is 1. The fraction of sp³-hybridized carbons (Fsp3) is 0.500. The summed E-state index contributed by atoms with van der Waals surface area (Å²) in [4.78, 5) is 61.1. The number of rotatable bonds is 10. The first-order valence-corrected chi connectivity index (χ1v) is 16.6. The van der Waals surface area contributed by atoms with Gasteiger partial charge in [-0.15, -0.1) is 0 Å². The van der Waals surface area contributed by atoms with Crippen LogP contribution in [0.2, 0.25) is 18.1 Å². The second-order valence-corrected chi connectivity index (χ2v) is 16.6. The molecule has 1 aromatic carbocycles. The number of imidazole rings is 1. The molecule has 1 saturated heterocycles. The number of hydrogen-bond acceptors (Lipinski definition) is 10. The molecule has 1 aliphatic heterocycles. The molecule has 2 aromatic heterocycles. The molecular formula is C28H37N5O8Si. The topological polar surface area (TPSA) is 175 Å². The molecule has 4 atom stereocenters. The van der Waals surface area contributed by atoms with Crippen LogP contribution in [-0.2, 0) is 23.5 Å². The van der Waals surface area contributed by atoms with Crippen molar-refractivity contribution in [3.8, 4) is 0 Å². The Balaban J connectivity index is 1.73. The summed E-state index contributed by atoms with van der Waals surface area (Å²) in [5.41, 5.74) is -0.224. The summed E-state index contributed by atoms with van der Waals surface area (Å²) in [5, 5.41) is 12.6. The van der Waals surface area contributed by atoms with Crippen LogP contribution in [0.25, 0.3) is 11.2 Å². The van der Waals surface area contributed by atoms with Gasteiger partial charge < -0.3 is 23.8 Å². The Morgan fingerprint density at radius 1 is 1.14 bits per heavy atom. The molecule has 0 spiro atoms. The molecule has 13 nitrogen and oxygen atoms in total. The first kappa shape index (κ1) is 31.2. The molecule has 42 heavy (non-hydrogen) atoms. The zero-order chi connectivity index (χ0) is 30.8. The lowest BCUT2D eigenvalue weighted by Gasteiger charge is -2.40. The lowest BCUT2D eigenvalue weighted by Crippen LogP contribution is -2.50. The van der Waals surface area contributed by atoms with E-state index < -0.39 is 56.9 Å². The van der Waals surface area contributed by atoms with Gasteiger partial charge in [0.05, 0.1) is 19.4 Å². The van der Waals surface area contributed by atoms with E-state index >= 15 is 0 Å². The first-order valence-electron chi connectivity index (χ1n) is 13.7.